The van der Waals surface area contributed by atoms with Gasteiger partial charge in [-0.3, -0.25) is 9.69 Å². The number of alkyl halides is 3. The largest absolute Gasteiger partial charge is 0.490 e. The number of carbonyl (C=O) groups is 2. The number of amides is 1. The zero-order valence-electron chi connectivity index (χ0n) is 15.9. The Labute approximate surface area is 166 Å². The van der Waals surface area contributed by atoms with Crippen LogP contribution >= 0.6 is 0 Å². The lowest BCUT2D eigenvalue weighted by atomic mass is 9.91. The van der Waals surface area contributed by atoms with Gasteiger partial charge in [0.15, 0.2) is 0 Å². The summed E-state index contributed by atoms with van der Waals surface area (Å²) in [5.74, 6) is -1.97. The van der Waals surface area contributed by atoms with Gasteiger partial charge in [0.2, 0.25) is 0 Å². The number of hydrogen-bond donors (Lipinski definition) is 1. The Morgan fingerprint density at radius 3 is 2.48 bits per heavy atom. The van der Waals surface area contributed by atoms with Gasteiger partial charge in [0, 0.05) is 31.7 Å². The molecule has 1 aromatic heterocycles. The Kier molecular flexibility index (Phi) is 6.84. The SMILES string of the molecule is O=C(O)C(F)(F)F.O=C([C@@H]1C[C@@H]2CCN(Cc3ccoc3)C[C@H]2O1)N1CCCC1. The van der Waals surface area contributed by atoms with Crippen molar-refractivity contribution in [2.24, 2.45) is 5.92 Å². The summed E-state index contributed by atoms with van der Waals surface area (Å²) in [5, 5.41) is 7.12. The van der Waals surface area contributed by atoms with E-state index in [1.807, 2.05) is 11.0 Å². The standard InChI is InChI=1S/C17H24N2O3.C2HF3O2/c20-17(19-5-1-2-6-19)15-9-14-3-7-18(11-16(14)22-15)10-13-4-8-21-12-13;3-2(4,5)1(6)7/h4,8,12,14-16H,1-3,5-7,9-11H2;(H,6,7)/t14-,15-,16+;/m0./s1. The molecule has 3 fully saturated rings. The highest BCUT2D eigenvalue weighted by atomic mass is 19.4. The fourth-order valence-corrected chi connectivity index (χ4v) is 4.08. The first-order chi connectivity index (χ1) is 13.7. The van der Waals surface area contributed by atoms with E-state index < -0.39 is 12.1 Å². The fourth-order valence-electron chi connectivity index (χ4n) is 4.08. The first-order valence-electron chi connectivity index (χ1n) is 9.72. The average Bonchev–Trinajstić information content (AvgIpc) is 3.42. The number of rotatable bonds is 3. The summed E-state index contributed by atoms with van der Waals surface area (Å²) >= 11 is 0. The summed E-state index contributed by atoms with van der Waals surface area (Å²) < 4.78 is 43.0. The lowest BCUT2D eigenvalue weighted by molar-refractivity contribution is -0.192. The van der Waals surface area contributed by atoms with Crippen LogP contribution in [0.25, 0.3) is 0 Å². The average molecular weight is 418 g/mol. The lowest BCUT2D eigenvalue weighted by Gasteiger charge is -2.33. The molecule has 3 saturated heterocycles. The predicted molar refractivity (Wildman–Crippen MR) is 94.9 cm³/mol. The van der Waals surface area contributed by atoms with Gasteiger partial charge in [-0.25, -0.2) is 4.79 Å². The molecule has 0 aromatic carbocycles. The monoisotopic (exact) mass is 418 g/mol. The number of carboxylic acids is 1. The van der Waals surface area contributed by atoms with E-state index in [0.29, 0.717) is 5.92 Å². The normalized spacial score (nSPS) is 27.3. The van der Waals surface area contributed by atoms with E-state index in [4.69, 9.17) is 19.1 Å². The van der Waals surface area contributed by atoms with Crippen LogP contribution in [-0.4, -0.2) is 71.3 Å². The second-order valence-electron chi connectivity index (χ2n) is 7.65. The quantitative estimate of drug-likeness (QED) is 0.812. The van der Waals surface area contributed by atoms with E-state index >= 15 is 0 Å². The summed E-state index contributed by atoms with van der Waals surface area (Å²) in [4.78, 5) is 25.8. The molecule has 0 aliphatic carbocycles. The molecule has 3 aliphatic heterocycles. The first kappa shape index (κ1) is 21.6. The third-order valence-electron chi connectivity index (χ3n) is 5.56. The van der Waals surface area contributed by atoms with Crippen LogP contribution in [0, 0.1) is 5.92 Å². The number of fused-ring (bicyclic) bond motifs is 1. The van der Waals surface area contributed by atoms with Gasteiger partial charge in [-0.2, -0.15) is 13.2 Å². The highest BCUT2D eigenvalue weighted by Crippen LogP contribution is 2.34. The zero-order valence-corrected chi connectivity index (χ0v) is 15.9. The molecule has 10 heteroatoms. The van der Waals surface area contributed by atoms with Crippen LogP contribution in [0.2, 0.25) is 0 Å². The topological polar surface area (TPSA) is 83.2 Å². The van der Waals surface area contributed by atoms with Gasteiger partial charge in [-0.15, -0.1) is 0 Å². The fraction of sp³-hybridized carbons (Fsp3) is 0.684. The number of carbonyl (C=O) groups excluding carboxylic acids is 1. The van der Waals surface area contributed by atoms with Crippen molar-refractivity contribution < 1.29 is 37.0 Å². The summed E-state index contributed by atoms with van der Waals surface area (Å²) in [6.07, 6.45) is 2.80. The third kappa shape index (κ3) is 5.72. The van der Waals surface area contributed by atoms with Crippen molar-refractivity contribution in [3.05, 3.63) is 24.2 Å². The van der Waals surface area contributed by atoms with Crippen LogP contribution < -0.4 is 0 Å². The number of carboxylic acid groups (broad SMARTS) is 1. The van der Waals surface area contributed by atoms with E-state index in [-0.39, 0.29) is 18.1 Å². The molecule has 1 amide bonds. The van der Waals surface area contributed by atoms with Gasteiger partial charge < -0.3 is 19.2 Å². The smallest absolute Gasteiger partial charge is 0.475 e. The Morgan fingerprint density at radius 2 is 1.90 bits per heavy atom. The molecule has 3 aliphatic rings. The van der Waals surface area contributed by atoms with Gasteiger partial charge >= 0.3 is 12.1 Å². The van der Waals surface area contributed by atoms with Gasteiger partial charge in [-0.05, 0) is 44.2 Å². The van der Waals surface area contributed by atoms with Crippen molar-refractivity contribution in [2.45, 2.75) is 50.6 Å². The van der Waals surface area contributed by atoms with Crippen molar-refractivity contribution in [3.8, 4) is 0 Å². The van der Waals surface area contributed by atoms with Crippen LogP contribution in [0.15, 0.2) is 23.0 Å². The summed E-state index contributed by atoms with van der Waals surface area (Å²) in [5.41, 5.74) is 1.21. The van der Waals surface area contributed by atoms with Gasteiger partial charge in [-0.1, -0.05) is 0 Å². The first-order valence-corrected chi connectivity index (χ1v) is 9.72. The number of furan rings is 1. The number of aliphatic carboxylic acids is 1. The molecule has 0 bridgehead atoms. The van der Waals surface area contributed by atoms with Crippen LogP contribution in [0.5, 0.6) is 0 Å². The number of hydrogen-bond acceptors (Lipinski definition) is 5. The van der Waals surface area contributed by atoms with Crippen molar-refractivity contribution >= 4 is 11.9 Å². The Morgan fingerprint density at radius 1 is 1.21 bits per heavy atom. The molecular formula is C19H25F3N2O5. The van der Waals surface area contributed by atoms with E-state index in [2.05, 4.69) is 4.90 Å². The van der Waals surface area contributed by atoms with Gasteiger partial charge in [0.25, 0.3) is 5.91 Å². The molecule has 3 atom stereocenters. The molecule has 1 N–H and O–H groups in total. The lowest BCUT2D eigenvalue weighted by Crippen LogP contribution is -2.42. The Bertz CT molecular complexity index is 689. The predicted octanol–water partition coefficient (Wildman–Crippen LogP) is 2.51. The molecule has 0 radical (unpaired) electrons. The number of nitrogens with zero attached hydrogens (tertiary/aromatic N) is 2. The molecule has 4 rings (SSSR count). The summed E-state index contributed by atoms with van der Waals surface area (Å²) in [6, 6.07) is 2.02. The maximum atomic E-state index is 12.5. The van der Waals surface area contributed by atoms with Gasteiger partial charge in [0.05, 0.1) is 18.6 Å². The molecule has 7 nitrogen and oxygen atoms in total. The van der Waals surface area contributed by atoms with E-state index in [0.717, 1.165) is 58.4 Å². The van der Waals surface area contributed by atoms with E-state index in [9.17, 15) is 18.0 Å². The van der Waals surface area contributed by atoms with Crippen LogP contribution in [0.1, 0.15) is 31.2 Å². The molecule has 162 valence electrons. The molecule has 1 aromatic rings. The Balaban J connectivity index is 0.000000298. The zero-order chi connectivity index (χ0) is 21.0. The molecule has 0 unspecified atom stereocenters. The number of likely N-dealkylation sites (tertiary alicyclic amines) is 2. The maximum Gasteiger partial charge on any atom is 0.490 e. The van der Waals surface area contributed by atoms with Gasteiger partial charge in [0.1, 0.15) is 6.10 Å². The van der Waals surface area contributed by atoms with E-state index in [1.54, 1.807) is 12.5 Å². The summed E-state index contributed by atoms with van der Waals surface area (Å²) in [7, 11) is 0. The van der Waals surface area contributed by atoms with Crippen LogP contribution in [-0.2, 0) is 20.9 Å². The highest BCUT2D eigenvalue weighted by Gasteiger charge is 2.43. The minimum atomic E-state index is -5.08. The maximum absolute atomic E-state index is 12.5. The minimum absolute atomic E-state index is 0.193. The van der Waals surface area contributed by atoms with Crippen LogP contribution in [0.4, 0.5) is 13.2 Å². The highest BCUT2D eigenvalue weighted by molar-refractivity contribution is 5.81. The molecule has 4 heterocycles. The van der Waals surface area contributed by atoms with Crippen molar-refractivity contribution in [2.75, 3.05) is 26.2 Å². The number of piperidine rings is 1. The van der Waals surface area contributed by atoms with Crippen LogP contribution in [0.3, 0.4) is 0 Å². The van der Waals surface area contributed by atoms with Crippen molar-refractivity contribution in [1.29, 1.82) is 0 Å². The molecular weight excluding hydrogens is 393 g/mol. The minimum Gasteiger partial charge on any atom is -0.475 e. The molecule has 0 spiro atoms. The second kappa shape index (κ2) is 9.17. The number of ether oxygens (including phenoxy) is 1. The van der Waals surface area contributed by atoms with E-state index in [1.165, 1.54) is 5.56 Å². The molecule has 0 saturated carbocycles. The van der Waals surface area contributed by atoms with Crippen molar-refractivity contribution in [1.82, 2.24) is 9.80 Å². The second-order valence-corrected chi connectivity index (χ2v) is 7.65. The summed E-state index contributed by atoms with van der Waals surface area (Å²) in [6.45, 7) is 4.76. The Hall–Kier alpha value is -2.07. The molecule has 29 heavy (non-hydrogen) atoms. The number of halogens is 3. The van der Waals surface area contributed by atoms with Crippen molar-refractivity contribution in [3.63, 3.8) is 0 Å². The third-order valence-corrected chi connectivity index (χ3v) is 5.56.